The fourth-order valence-electron chi connectivity index (χ4n) is 1.62. The Labute approximate surface area is 105 Å². The first-order valence-corrected chi connectivity index (χ1v) is 5.13. The number of carboxylic acid groups (broad SMARTS) is 1. The summed E-state index contributed by atoms with van der Waals surface area (Å²) in [6.45, 7) is 1.42. The van der Waals surface area contributed by atoms with Gasteiger partial charge < -0.3 is 10.1 Å². The number of pyridine rings is 1. The van der Waals surface area contributed by atoms with E-state index in [1.54, 1.807) is 0 Å². The van der Waals surface area contributed by atoms with Crippen molar-refractivity contribution in [3.8, 4) is 11.4 Å². The number of alkyl halides is 3. The lowest BCUT2D eigenvalue weighted by molar-refractivity contribution is -0.140. The van der Waals surface area contributed by atoms with Crippen molar-refractivity contribution < 1.29 is 23.1 Å². The quantitative estimate of drug-likeness (QED) is 0.879. The summed E-state index contributed by atoms with van der Waals surface area (Å²) in [5.74, 6) is -1.48. The number of rotatable bonds is 2. The average molecular weight is 271 g/mol. The minimum Gasteiger partial charge on any atom is -0.476 e. The van der Waals surface area contributed by atoms with Gasteiger partial charge in [0.05, 0.1) is 0 Å². The highest BCUT2D eigenvalue weighted by Gasteiger charge is 2.36. The van der Waals surface area contributed by atoms with Crippen LogP contribution in [0.15, 0.2) is 18.3 Å². The minimum absolute atomic E-state index is 0.171. The molecule has 0 aliphatic rings. The minimum atomic E-state index is -4.64. The lowest BCUT2D eigenvalue weighted by Crippen LogP contribution is -2.10. The van der Waals surface area contributed by atoms with Crippen molar-refractivity contribution in [3.05, 3.63) is 35.4 Å². The van der Waals surface area contributed by atoms with Gasteiger partial charge in [-0.25, -0.2) is 9.78 Å². The Morgan fingerprint density at radius 3 is 2.63 bits per heavy atom. The first-order valence-electron chi connectivity index (χ1n) is 5.13. The third kappa shape index (κ3) is 2.42. The number of imidazole rings is 1. The number of nitrogens with one attached hydrogen (secondary N) is 1. The standard InChI is InChI=1S/C11H8F3N3O2/c1-5-7(10(18)19)17-9(16-5)6-3-2-4-15-8(6)11(12,13)14/h2-4H,1H3,(H,16,17)(H,18,19). The van der Waals surface area contributed by atoms with Crippen LogP contribution in [0.5, 0.6) is 0 Å². The Kier molecular flexibility index (Phi) is 3.01. The zero-order valence-electron chi connectivity index (χ0n) is 9.62. The first kappa shape index (κ1) is 13.1. The molecule has 5 nitrogen and oxygen atoms in total. The normalized spacial score (nSPS) is 11.6. The predicted molar refractivity (Wildman–Crippen MR) is 58.5 cm³/mol. The van der Waals surface area contributed by atoms with Crippen LogP contribution in [-0.4, -0.2) is 26.0 Å². The summed E-state index contributed by atoms with van der Waals surface area (Å²) in [4.78, 5) is 20.3. The summed E-state index contributed by atoms with van der Waals surface area (Å²) in [5.41, 5.74) is -1.53. The summed E-state index contributed by atoms with van der Waals surface area (Å²) < 4.78 is 38.3. The third-order valence-electron chi connectivity index (χ3n) is 2.42. The van der Waals surface area contributed by atoms with Crippen LogP contribution in [0, 0.1) is 6.92 Å². The molecular weight excluding hydrogens is 263 g/mol. The maximum absolute atomic E-state index is 12.8. The van der Waals surface area contributed by atoms with E-state index in [1.807, 2.05) is 0 Å². The fourth-order valence-corrected chi connectivity index (χ4v) is 1.62. The topological polar surface area (TPSA) is 78.9 Å². The van der Waals surface area contributed by atoms with Gasteiger partial charge in [-0.2, -0.15) is 13.2 Å². The Morgan fingerprint density at radius 2 is 2.11 bits per heavy atom. The summed E-state index contributed by atoms with van der Waals surface area (Å²) in [6, 6.07) is 2.50. The van der Waals surface area contributed by atoms with Crippen LogP contribution in [0.4, 0.5) is 13.2 Å². The molecule has 2 aromatic heterocycles. The molecule has 2 N–H and O–H groups in total. The molecule has 0 aromatic carbocycles. The van der Waals surface area contributed by atoms with E-state index in [2.05, 4.69) is 15.0 Å². The lowest BCUT2D eigenvalue weighted by Gasteiger charge is -2.09. The van der Waals surface area contributed by atoms with Crippen LogP contribution >= 0.6 is 0 Å². The van der Waals surface area contributed by atoms with Crippen molar-refractivity contribution in [2.45, 2.75) is 13.1 Å². The molecule has 0 amide bonds. The number of H-pyrrole nitrogens is 1. The van der Waals surface area contributed by atoms with E-state index in [-0.39, 0.29) is 22.8 Å². The maximum atomic E-state index is 12.8. The van der Waals surface area contributed by atoms with Gasteiger partial charge in [0.15, 0.2) is 11.4 Å². The van der Waals surface area contributed by atoms with Gasteiger partial charge in [-0.1, -0.05) is 0 Å². The molecule has 0 spiro atoms. The summed E-state index contributed by atoms with van der Waals surface area (Å²) in [6.07, 6.45) is -3.62. The zero-order valence-corrected chi connectivity index (χ0v) is 9.62. The molecule has 0 saturated heterocycles. The predicted octanol–water partition coefficient (Wildman–Crippen LogP) is 2.50. The lowest BCUT2D eigenvalue weighted by atomic mass is 10.2. The number of carboxylic acids is 1. The van der Waals surface area contributed by atoms with Gasteiger partial charge in [0.25, 0.3) is 0 Å². The molecule has 0 aliphatic heterocycles. The van der Waals surface area contributed by atoms with Crippen molar-refractivity contribution in [3.63, 3.8) is 0 Å². The molecule has 0 unspecified atom stereocenters. The smallest absolute Gasteiger partial charge is 0.434 e. The second-order valence-corrected chi connectivity index (χ2v) is 3.76. The number of hydrogen-bond acceptors (Lipinski definition) is 3. The van der Waals surface area contributed by atoms with E-state index in [4.69, 9.17) is 5.11 Å². The van der Waals surface area contributed by atoms with Gasteiger partial charge in [0, 0.05) is 17.5 Å². The molecule has 2 aromatic rings. The van der Waals surface area contributed by atoms with Gasteiger partial charge in [0.2, 0.25) is 0 Å². The van der Waals surface area contributed by atoms with Crippen LogP contribution in [0.25, 0.3) is 11.4 Å². The molecule has 100 valence electrons. The van der Waals surface area contributed by atoms with E-state index in [9.17, 15) is 18.0 Å². The number of aromatic nitrogens is 3. The van der Waals surface area contributed by atoms with Crippen LogP contribution in [-0.2, 0) is 6.18 Å². The summed E-state index contributed by atoms with van der Waals surface area (Å²) >= 11 is 0. The SMILES string of the molecule is Cc1[nH]c(-c2cccnc2C(F)(F)F)nc1C(=O)O. The Balaban J connectivity index is 2.60. The molecule has 0 aliphatic carbocycles. The largest absolute Gasteiger partial charge is 0.476 e. The van der Waals surface area contributed by atoms with Crippen molar-refractivity contribution >= 4 is 5.97 Å². The highest BCUT2D eigenvalue weighted by atomic mass is 19.4. The van der Waals surface area contributed by atoms with Gasteiger partial charge >= 0.3 is 12.1 Å². The van der Waals surface area contributed by atoms with Crippen LogP contribution in [0.1, 0.15) is 21.9 Å². The summed E-state index contributed by atoms with van der Waals surface area (Å²) in [5, 5.41) is 8.83. The number of carbonyl (C=O) groups is 1. The molecule has 19 heavy (non-hydrogen) atoms. The average Bonchev–Trinajstić information content (AvgIpc) is 2.70. The number of halogens is 3. The molecule has 0 saturated carbocycles. The Bertz CT molecular complexity index is 634. The number of nitrogens with zero attached hydrogens (tertiary/aromatic N) is 2. The molecule has 2 rings (SSSR count). The number of aromatic carboxylic acids is 1. The maximum Gasteiger partial charge on any atom is 0.434 e. The Hall–Kier alpha value is -2.38. The van der Waals surface area contributed by atoms with Crippen molar-refractivity contribution in [1.82, 2.24) is 15.0 Å². The van der Waals surface area contributed by atoms with E-state index >= 15 is 0 Å². The number of aryl methyl sites for hydroxylation is 1. The molecule has 0 atom stereocenters. The highest BCUT2D eigenvalue weighted by Crippen LogP contribution is 2.34. The molecular formula is C11H8F3N3O2. The Morgan fingerprint density at radius 1 is 1.42 bits per heavy atom. The van der Waals surface area contributed by atoms with E-state index in [0.29, 0.717) is 0 Å². The second-order valence-electron chi connectivity index (χ2n) is 3.76. The fraction of sp³-hybridized carbons (Fsp3) is 0.182. The van der Waals surface area contributed by atoms with Crippen LogP contribution in [0.3, 0.4) is 0 Å². The number of aromatic amines is 1. The molecule has 8 heteroatoms. The van der Waals surface area contributed by atoms with Crippen molar-refractivity contribution in [1.29, 1.82) is 0 Å². The number of hydrogen-bond donors (Lipinski definition) is 2. The second kappa shape index (κ2) is 4.38. The zero-order chi connectivity index (χ0) is 14.2. The van der Waals surface area contributed by atoms with Gasteiger partial charge in [0.1, 0.15) is 5.82 Å². The molecule has 0 radical (unpaired) electrons. The van der Waals surface area contributed by atoms with Gasteiger partial charge in [-0.3, -0.25) is 4.98 Å². The van der Waals surface area contributed by atoms with Gasteiger partial charge in [-0.15, -0.1) is 0 Å². The molecule has 0 bridgehead atoms. The summed E-state index contributed by atoms with van der Waals surface area (Å²) in [7, 11) is 0. The van der Waals surface area contributed by atoms with Gasteiger partial charge in [-0.05, 0) is 19.1 Å². The first-order chi connectivity index (χ1) is 8.80. The monoisotopic (exact) mass is 271 g/mol. The van der Waals surface area contributed by atoms with E-state index in [1.165, 1.54) is 19.1 Å². The third-order valence-corrected chi connectivity index (χ3v) is 2.42. The highest BCUT2D eigenvalue weighted by molar-refractivity contribution is 5.87. The van der Waals surface area contributed by atoms with E-state index in [0.717, 1.165) is 6.20 Å². The van der Waals surface area contributed by atoms with E-state index < -0.39 is 17.8 Å². The molecule has 2 heterocycles. The van der Waals surface area contributed by atoms with Crippen LogP contribution < -0.4 is 0 Å². The molecule has 0 fully saturated rings. The van der Waals surface area contributed by atoms with Crippen molar-refractivity contribution in [2.75, 3.05) is 0 Å². The van der Waals surface area contributed by atoms with Crippen molar-refractivity contribution in [2.24, 2.45) is 0 Å². The van der Waals surface area contributed by atoms with Crippen LogP contribution in [0.2, 0.25) is 0 Å².